The van der Waals surface area contributed by atoms with Crippen LogP contribution in [0.3, 0.4) is 0 Å². The molecule has 0 fully saturated rings. The number of hydrogen-bond acceptors (Lipinski definition) is 8. The molecule has 558 valence electrons. The van der Waals surface area contributed by atoms with Crippen molar-refractivity contribution in [2.45, 2.75) is 457 Å². The summed E-state index contributed by atoms with van der Waals surface area (Å²) in [5.41, 5.74) is 0. The summed E-state index contributed by atoms with van der Waals surface area (Å²) in [5.74, 6) is -0.803. The summed E-state index contributed by atoms with van der Waals surface area (Å²) in [5, 5.41) is 0. The van der Waals surface area contributed by atoms with E-state index in [0.717, 1.165) is 38.5 Å². The zero-order valence-corrected chi connectivity index (χ0v) is 64.9. The van der Waals surface area contributed by atoms with E-state index in [2.05, 4.69) is 38.2 Å². The monoisotopic (exact) mass is 1350 g/mol. The van der Waals surface area contributed by atoms with E-state index in [0.29, 0.717) is 17.4 Å². The number of quaternary nitrogens is 1. The van der Waals surface area contributed by atoms with E-state index in [-0.39, 0.29) is 32.0 Å². The van der Waals surface area contributed by atoms with Gasteiger partial charge in [0.25, 0.3) is 7.82 Å². The number of esters is 2. The second-order valence-electron chi connectivity index (χ2n) is 30.2. The van der Waals surface area contributed by atoms with E-state index in [4.69, 9.17) is 18.5 Å². The van der Waals surface area contributed by atoms with Crippen molar-refractivity contribution in [3.63, 3.8) is 0 Å². The van der Waals surface area contributed by atoms with Gasteiger partial charge in [0.2, 0.25) is 0 Å². The number of carbonyl (C=O) groups excluding carboxylic acids is 2. The highest BCUT2D eigenvalue weighted by atomic mass is 31.2. The number of rotatable bonds is 80. The van der Waals surface area contributed by atoms with Gasteiger partial charge in [-0.2, -0.15) is 0 Å². The summed E-state index contributed by atoms with van der Waals surface area (Å²) in [4.78, 5) is 38.2. The molecule has 0 amide bonds. The van der Waals surface area contributed by atoms with Gasteiger partial charge in [0.15, 0.2) is 6.10 Å². The molecule has 0 aliphatic rings. The molecule has 0 bridgehead atoms. The summed E-state index contributed by atoms with van der Waals surface area (Å²) >= 11 is 0. The standard InChI is InChI=1S/C84H164NO8P/c1-6-8-10-12-14-16-18-20-22-24-26-28-30-32-34-36-38-40-42-44-46-48-50-52-54-56-58-60-62-64-66-68-70-72-74-76-83(86)90-80-82(81-92-94(88,89)91-79-78-85(3,4)5)93-84(87)77-75-73-71-69-67-65-63-61-59-57-55-53-51-49-47-45-43-41-39-37-35-33-31-29-27-25-23-21-19-17-15-13-11-9-7-2/h19,21,25,27,82H,6-18,20,22-24,26,28-81H2,1-5H3/b21-19-,27-25-. The molecule has 0 saturated heterocycles. The number of unbranched alkanes of at least 4 members (excludes halogenated alkanes) is 62. The van der Waals surface area contributed by atoms with Crippen LogP contribution in [0.5, 0.6) is 0 Å². The van der Waals surface area contributed by atoms with Gasteiger partial charge in [-0.1, -0.05) is 417 Å². The van der Waals surface area contributed by atoms with Gasteiger partial charge in [0.1, 0.15) is 19.8 Å². The first-order valence-corrected chi connectivity index (χ1v) is 43.5. The first-order valence-electron chi connectivity index (χ1n) is 42.0. The van der Waals surface area contributed by atoms with Crippen molar-refractivity contribution in [2.24, 2.45) is 0 Å². The number of ether oxygens (including phenoxy) is 2. The molecule has 0 rings (SSSR count). The fraction of sp³-hybridized carbons (Fsp3) is 0.929. The molecular formula is C84H164NO8P. The second-order valence-corrected chi connectivity index (χ2v) is 31.6. The van der Waals surface area contributed by atoms with Crippen LogP contribution in [0.1, 0.15) is 450 Å². The van der Waals surface area contributed by atoms with E-state index in [1.807, 2.05) is 21.1 Å². The lowest BCUT2D eigenvalue weighted by atomic mass is 10.0. The predicted molar refractivity (Wildman–Crippen MR) is 407 cm³/mol. The van der Waals surface area contributed by atoms with Crippen LogP contribution in [0.15, 0.2) is 24.3 Å². The van der Waals surface area contributed by atoms with Gasteiger partial charge in [0, 0.05) is 12.8 Å². The minimum Gasteiger partial charge on any atom is -0.756 e. The SMILES string of the molecule is CCCCCCC/C=C\C/C=C\CCCCCCCCCCCCCCCCCCCCCCCCCC(=O)OC(COC(=O)CCCCCCCCCCCCCCCCCCCCCCCCCCCCCCCCCCCCC)COP(=O)([O-])OCC[N+](C)(C)C. The summed E-state index contributed by atoms with van der Waals surface area (Å²) in [6.45, 7) is 4.33. The van der Waals surface area contributed by atoms with Crippen LogP contribution in [0.4, 0.5) is 0 Å². The maximum atomic E-state index is 12.9. The Balaban J connectivity index is 3.87. The zero-order valence-electron chi connectivity index (χ0n) is 64.0. The summed E-state index contributed by atoms with van der Waals surface area (Å²) in [6, 6.07) is 0. The Morgan fingerprint density at radius 3 is 0.840 bits per heavy atom. The van der Waals surface area contributed by atoms with Gasteiger partial charge in [0.05, 0.1) is 27.7 Å². The van der Waals surface area contributed by atoms with Crippen LogP contribution in [-0.2, 0) is 32.7 Å². The lowest BCUT2D eigenvalue weighted by Gasteiger charge is -2.28. The van der Waals surface area contributed by atoms with Gasteiger partial charge in [-0.25, -0.2) is 0 Å². The Labute approximate surface area is 587 Å². The number of nitrogens with zero attached hydrogens (tertiary/aromatic N) is 1. The minimum absolute atomic E-state index is 0.0261. The molecule has 0 radical (unpaired) electrons. The van der Waals surface area contributed by atoms with E-state index in [1.165, 1.54) is 379 Å². The summed E-state index contributed by atoms with van der Waals surface area (Å²) < 4.78 is 34.5. The van der Waals surface area contributed by atoms with Crippen molar-refractivity contribution in [1.82, 2.24) is 0 Å². The molecule has 0 aliphatic heterocycles. The van der Waals surface area contributed by atoms with Gasteiger partial charge >= 0.3 is 11.9 Å². The van der Waals surface area contributed by atoms with Crippen molar-refractivity contribution < 1.29 is 42.1 Å². The zero-order chi connectivity index (χ0) is 68.3. The van der Waals surface area contributed by atoms with Crippen LogP contribution in [0.2, 0.25) is 0 Å². The highest BCUT2D eigenvalue weighted by Crippen LogP contribution is 2.38. The van der Waals surface area contributed by atoms with Crippen molar-refractivity contribution in [3.05, 3.63) is 24.3 Å². The minimum atomic E-state index is -4.64. The molecule has 2 unspecified atom stereocenters. The Morgan fingerprint density at radius 2 is 0.574 bits per heavy atom. The smallest absolute Gasteiger partial charge is 0.306 e. The number of carbonyl (C=O) groups is 2. The van der Waals surface area contributed by atoms with Gasteiger partial charge in [-0.3, -0.25) is 14.2 Å². The lowest BCUT2D eigenvalue weighted by Crippen LogP contribution is -2.37. The number of phosphoric ester groups is 1. The van der Waals surface area contributed by atoms with Crippen molar-refractivity contribution in [1.29, 1.82) is 0 Å². The van der Waals surface area contributed by atoms with Gasteiger partial charge in [-0.05, 0) is 44.9 Å². The van der Waals surface area contributed by atoms with Crippen molar-refractivity contribution in [2.75, 3.05) is 47.5 Å². The molecule has 0 heterocycles. The highest BCUT2D eigenvalue weighted by Gasteiger charge is 2.22. The maximum absolute atomic E-state index is 12.9. The van der Waals surface area contributed by atoms with Crippen molar-refractivity contribution in [3.8, 4) is 0 Å². The number of hydrogen-bond donors (Lipinski definition) is 0. The third-order valence-corrected chi connectivity index (χ3v) is 20.4. The maximum Gasteiger partial charge on any atom is 0.306 e. The van der Waals surface area contributed by atoms with Crippen LogP contribution >= 0.6 is 7.82 Å². The molecule has 94 heavy (non-hydrogen) atoms. The molecule has 2 atom stereocenters. The first-order chi connectivity index (χ1) is 46.0. The van der Waals surface area contributed by atoms with E-state index < -0.39 is 26.5 Å². The quantitative estimate of drug-likeness (QED) is 0.0195. The molecule has 0 aliphatic carbocycles. The Kier molecular flexibility index (Phi) is 74.5. The highest BCUT2D eigenvalue weighted by molar-refractivity contribution is 7.45. The molecule has 0 aromatic carbocycles. The van der Waals surface area contributed by atoms with Crippen LogP contribution in [-0.4, -0.2) is 70.0 Å². The normalized spacial score (nSPS) is 13.0. The van der Waals surface area contributed by atoms with Gasteiger partial charge < -0.3 is 27.9 Å². The Bertz CT molecular complexity index is 1630. The molecule has 10 heteroatoms. The Morgan fingerprint density at radius 1 is 0.330 bits per heavy atom. The number of allylic oxidation sites excluding steroid dienone is 4. The first kappa shape index (κ1) is 92.5. The van der Waals surface area contributed by atoms with Gasteiger partial charge in [-0.15, -0.1) is 0 Å². The Hall–Kier alpha value is -1.51. The second kappa shape index (κ2) is 75.7. The third kappa shape index (κ3) is 79.5. The fourth-order valence-electron chi connectivity index (χ4n) is 13.0. The topological polar surface area (TPSA) is 111 Å². The van der Waals surface area contributed by atoms with E-state index in [9.17, 15) is 19.0 Å². The predicted octanol–water partition coefficient (Wildman–Crippen LogP) is 27.3. The average Bonchev–Trinajstić information content (AvgIpc) is 1.68. The third-order valence-electron chi connectivity index (χ3n) is 19.5. The largest absolute Gasteiger partial charge is 0.756 e. The molecule has 0 N–H and O–H groups in total. The summed E-state index contributed by atoms with van der Waals surface area (Å²) in [6.07, 6.45) is 97.6. The number of phosphoric acid groups is 1. The fourth-order valence-corrected chi connectivity index (χ4v) is 13.8. The van der Waals surface area contributed by atoms with Crippen LogP contribution < -0.4 is 4.89 Å². The van der Waals surface area contributed by atoms with Crippen molar-refractivity contribution >= 4 is 19.8 Å². The van der Waals surface area contributed by atoms with Crippen LogP contribution in [0, 0.1) is 0 Å². The lowest BCUT2D eigenvalue weighted by molar-refractivity contribution is -0.870. The number of likely N-dealkylation sites (N-methyl/N-ethyl adjacent to an activating group) is 1. The molecule has 0 spiro atoms. The molecular weight excluding hydrogens is 1180 g/mol. The molecule has 0 aromatic rings. The summed E-state index contributed by atoms with van der Waals surface area (Å²) in [7, 11) is 1.20. The molecule has 0 saturated carbocycles. The average molecular weight is 1350 g/mol. The van der Waals surface area contributed by atoms with E-state index in [1.54, 1.807) is 0 Å². The molecule has 0 aromatic heterocycles. The molecule has 9 nitrogen and oxygen atoms in total. The van der Waals surface area contributed by atoms with Crippen LogP contribution in [0.25, 0.3) is 0 Å². The van der Waals surface area contributed by atoms with E-state index >= 15 is 0 Å².